The predicted molar refractivity (Wildman–Crippen MR) is 75.8 cm³/mol. The van der Waals surface area contributed by atoms with E-state index < -0.39 is 16.6 Å². The van der Waals surface area contributed by atoms with Crippen LogP contribution in [0.15, 0.2) is 24.3 Å². The van der Waals surface area contributed by atoms with E-state index in [0.29, 0.717) is 18.4 Å². The normalized spacial score (nSPS) is 36.6. The number of nitrogens with zero attached hydrogens (tertiary/aromatic N) is 1. The Bertz CT molecular complexity index is 609. The van der Waals surface area contributed by atoms with Crippen molar-refractivity contribution < 1.29 is 13.9 Å². The lowest BCUT2D eigenvalue weighted by atomic mass is 9.74. The van der Waals surface area contributed by atoms with Gasteiger partial charge in [-0.2, -0.15) is 5.26 Å². The van der Waals surface area contributed by atoms with Crippen LogP contribution in [0, 0.1) is 22.6 Å². The minimum Gasteiger partial charge on any atom is -0.370 e. The maximum absolute atomic E-state index is 13.6. The topological polar surface area (TPSA) is 42.2 Å². The summed E-state index contributed by atoms with van der Waals surface area (Å²) in [5, 5.41) is 9.59. The molecule has 3 nitrogen and oxygen atoms in total. The van der Waals surface area contributed by atoms with Gasteiger partial charge in [0.2, 0.25) is 0 Å². The second-order valence-electron chi connectivity index (χ2n) is 6.89. The summed E-state index contributed by atoms with van der Waals surface area (Å²) in [6.07, 6.45) is 1.14. The van der Waals surface area contributed by atoms with E-state index in [9.17, 15) is 9.65 Å². The molecule has 1 aromatic carbocycles. The van der Waals surface area contributed by atoms with E-state index in [4.69, 9.17) is 9.47 Å². The van der Waals surface area contributed by atoms with Crippen molar-refractivity contribution in [1.82, 2.24) is 0 Å². The van der Waals surface area contributed by atoms with Crippen LogP contribution in [0.3, 0.4) is 0 Å². The third-order valence-corrected chi connectivity index (χ3v) is 5.12. The van der Waals surface area contributed by atoms with Gasteiger partial charge in [0, 0.05) is 12.0 Å². The highest BCUT2D eigenvalue weighted by Crippen LogP contribution is 2.62. The Kier molecular flexibility index (Phi) is 3.12. The quantitative estimate of drug-likeness (QED) is 0.854. The highest BCUT2D eigenvalue weighted by molar-refractivity contribution is 5.25. The molecule has 2 fully saturated rings. The van der Waals surface area contributed by atoms with Crippen LogP contribution < -0.4 is 0 Å². The van der Waals surface area contributed by atoms with Crippen LogP contribution >= 0.6 is 0 Å². The molecule has 0 amide bonds. The summed E-state index contributed by atoms with van der Waals surface area (Å²) < 4.78 is 25.7. The maximum Gasteiger partial charge on any atom is 0.128 e. The van der Waals surface area contributed by atoms with Gasteiger partial charge in [-0.1, -0.05) is 18.2 Å². The van der Waals surface area contributed by atoms with Crippen LogP contribution in [0.25, 0.3) is 0 Å². The summed E-state index contributed by atoms with van der Waals surface area (Å²) in [4.78, 5) is 0. The Morgan fingerprint density at radius 3 is 2.71 bits per heavy atom. The van der Waals surface area contributed by atoms with E-state index in [1.807, 2.05) is 20.8 Å². The Labute approximate surface area is 124 Å². The fraction of sp³-hybridized carbons (Fsp3) is 0.588. The number of benzene rings is 1. The standard InChI is InChI=1S/C17H20FNO2/c1-15(2)17(11-19)8-14(16(3,10-17)21-15)20-9-12-6-4-5-7-13(12)18/h4-7,14H,8-10H2,1-3H3. The smallest absolute Gasteiger partial charge is 0.128 e. The minimum absolute atomic E-state index is 0.176. The van der Waals surface area contributed by atoms with Crippen molar-refractivity contribution in [2.45, 2.75) is 57.5 Å². The molecule has 1 aliphatic carbocycles. The lowest BCUT2D eigenvalue weighted by molar-refractivity contribution is -0.194. The van der Waals surface area contributed by atoms with Crippen LogP contribution in [0.5, 0.6) is 0 Å². The van der Waals surface area contributed by atoms with Crippen molar-refractivity contribution in [3.8, 4) is 6.07 Å². The molecule has 0 N–H and O–H groups in total. The van der Waals surface area contributed by atoms with Crippen molar-refractivity contribution in [3.63, 3.8) is 0 Å². The molecule has 0 aromatic heterocycles. The number of halogens is 1. The van der Waals surface area contributed by atoms with Gasteiger partial charge in [-0.15, -0.1) is 0 Å². The summed E-state index contributed by atoms with van der Waals surface area (Å²) >= 11 is 0. The van der Waals surface area contributed by atoms with Crippen molar-refractivity contribution in [2.24, 2.45) is 5.41 Å². The molecule has 4 heteroatoms. The lowest BCUT2D eigenvalue weighted by Gasteiger charge is -2.42. The van der Waals surface area contributed by atoms with Crippen LogP contribution in [-0.4, -0.2) is 17.3 Å². The van der Waals surface area contributed by atoms with Crippen LogP contribution in [0.4, 0.5) is 4.39 Å². The molecular formula is C17H20FNO2. The van der Waals surface area contributed by atoms with Crippen molar-refractivity contribution >= 4 is 0 Å². The first-order chi connectivity index (χ1) is 9.82. The second kappa shape index (κ2) is 4.53. The van der Waals surface area contributed by atoms with Crippen molar-refractivity contribution in [3.05, 3.63) is 35.6 Å². The van der Waals surface area contributed by atoms with E-state index in [1.54, 1.807) is 18.2 Å². The first-order valence-corrected chi connectivity index (χ1v) is 7.28. The molecule has 0 radical (unpaired) electrons. The second-order valence-corrected chi connectivity index (χ2v) is 6.89. The van der Waals surface area contributed by atoms with Gasteiger partial charge in [-0.3, -0.25) is 0 Å². The van der Waals surface area contributed by atoms with Crippen LogP contribution in [-0.2, 0) is 16.1 Å². The van der Waals surface area contributed by atoms with Gasteiger partial charge >= 0.3 is 0 Å². The van der Waals surface area contributed by atoms with E-state index in [0.717, 1.165) is 0 Å². The van der Waals surface area contributed by atoms with E-state index in [-0.39, 0.29) is 18.5 Å². The third kappa shape index (κ3) is 2.07. The number of rotatable bonds is 3. The minimum atomic E-state index is -0.512. The Morgan fingerprint density at radius 1 is 1.38 bits per heavy atom. The monoisotopic (exact) mass is 289 g/mol. The molecule has 1 saturated heterocycles. The van der Waals surface area contributed by atoms with Gasteiger partial charge in [0.25, 0.3) is 0 Å². The zero-order chi connectivity index (χ0) is 15.3. The fourth-order valence-electron chi connectivity index (χ4n) is 3.82. The lowest BCUT2D eigenvalue weighted by Crippen LogP contribution is -2.49. The fourth-order valence-corrected chi connectivity index (χ4v) is 3.82. The van der Waals surface area contributed by atoms with Gasteiger partial charge < -0.3 is 9.47 Å². The Hall–Kier alpha value is -1.44. The van der Waals surface area contributed by atoms with Crippen molar-refractivity contribution in [2.75, 3.05) is 0 Å². The molecule has 21 heavy (non-hydrogen) atoms. The Morgan fingerprint density at radius 2 is 2.10 bits per heavy atom. The van der Waals surface area contributed by atoms with Crippen LogP contribution in [0.1, 0.15) is 39.2 Å². The summed E-state index contributed by atoms with van der Waals surface area (Å²) in [7, 11) is 0. The molecule has 1 saturated carbocycles. The molecule has 0 spiro atoms. The number of nitriles is 1. The molecule has 1 aliphatic heterocycles. The summed E-state index contributed by atoms with van der Waals surface area (Å²) in [5.74, 6) is -0.262. The summed E-state index contributed by atoms with van der Waals surface area (Å²) in [6.45, 7) is 6.13. The largest absolute Gasteiger partial charge is 0.370 e. The van der Waals surface area contributed by atoms with Gasteiger partial charge in [0.1, 0.15) is 5.82 Å². The average Bonchev–Trinajstić information content (AvgIpc) is 2.81. The molecule has 3 rings (SSSR count). The summed E-state index contributed by atoms with van der Waals surface area (Å²) in [5.41, 5.74) is -0.908. The average molecular weight is 289 g/mol. The van der Waals surface area contributed by atoms with Crippen molar-refractivity contribution in [1.29, 1.82) is 5.26 Å². The first kappa shape index (κ1) is 14.5. The number of fused-ring (bicyclic) bond motifs is 2. The molecule has 1 aromatic rings. The number of hydrogen-bond acceptors (Lipinski definition) is 3. The highest BCUT2D eigenvalue weighted by Gasteiger charge is 2.68. The molecule has 1 heterocycles. The molecular weight excluding hydrogens is 269 g/mol. The van der Waals surface area contributed by atoms with Gasteiger partial charge in [-0.25, -0.2) is 4.39 Å². The first-order valence-electron chi connectivity index (χ1n) is 7.28. The van der Waals surface area contributed by atoms with E-state index in [2.05, 4.69) is 6.07 Å². The van der Waals surface area contributed by atoms with Gasteiger partial charge in [0.15, 0.2) is 0 Å². The molecule has 2 aliphatic rings. The van der Waals surface area contributed by atoms with Crippen LogP contribution in [0.2, 0.25) is 0 Å². The Balaban J connectivity index is 1.75. The molecule has 3 atom stereocenters. The maximum atomic E-state index is 13.6. The molecule has 2 bridgehead atoms. The number of hydrogen-bond donors (Lipinski definition) is 0. The highest BCUT2D eigenvalue weighted by atomic mass is 19.1. The summed E-state index contributed by atoms with van der Waals surface area (Å²) in [6, 6.07) is 9.04. The van der Waals surface area contributed by atoms with E-state index >= 15 is 0 Å². The predicted octanol–water partition coefficient (Wildman–Crippen LogP) is 3.58. The molecule has 112 valence electrons. The third-order valence-electron chi connectivity index (χ3n) is 5.12. The zero-order valence-electron chi connectivity index (χ0n) is 12.6. The zero-order valence-corrected chi connectivity index (χ0v) is 12.6. The SMILES string of the molecule is CC12CC(C#N)(CC1OCc1ccccc1F)C(C)(C)O2. The van der Waals surface area contributed by atoms with Gasteiger partial charge in [-0.05, 0) is 33.3 Å². The number of ether oxygens (including phenoxy) is 2. The van der Waals surface area contributed by atoms with Gasteiger partial charge in [0.05, 0.1) is 35.4 Å². The molecule has 3 unspecified atom stereocenters. The van der Waals surface area contributed by atoms with E-state index in [1.165, 1.54) is 6.07 Å².